The summed E-state index contributed by atoms with van der Waals surface area (Å²) in [4.78, 5) is 4.19. The molecule has 1 aromatic rings. The van der Waals surface area contributed by atoms with Gasteiger partial charge in [0.15, 0.2) is 5.82 Å². The normalized spacial score (nSPS) is 35.2. The van der Waals surface area contributed by atoms with Gasteiger partial charge in [0.2, 0.25) is 11.8 Å². The van der Waals surface area contributed by atoms with Crippen LogP contribution in [0.2, 0.25) is 0 Å². The molecule has 0 radical (unpaired) electrons. The van der Waals surface area contributed by atoms with E-state index in [4.69, 9.17) is 4.52 Å². The highest BCUT2D eigenvalue weighted by Gasteiger charge is 2.42. The van der Waals surface area contributed by atoms with Crippen molar-refractivity contribution < 1.29 is 18.4 Å². The first-order valence-electron chi connectivity index (χ1n) is 6.16. The lowest BCUT2D eigenvalue weighted by Crippen LogP contribution is -2.15. The number of aromatic nitrogens is 2. The maximum absolute atomic E-state index is 13.1. The standard InChI is InChI=1S/C11H15F2N3O2/c12-11(13)2-1-6(4-11)9-15-10(18-16-9)8-3-7(17)5-14-8/h6-8,14,17H,1-5H2/t6?,7-,8+/m1/s1. The van der Waals surface area contributed by atoms with Crippen molar-refractivity contribution in [2.75, 3.05) is 6.54 Å². The fraction of sp³-hybridized carbons (Fsp3) is 0.818. The summed E-state index contributed by atoms with van der Waals surface area (Å²) >= 11 is 0. The second kappa shape index (κ2) is 4.24. The monoisotopic (exact) mass is 259 g/mol. The van der Waals surface area contributed by atoms with Crippen LogP contribution in [0.15, 0.2) is 4.52 Å². The summed E-state index contributed by atoms with van der Waals surface area (Å²) < 4.78 is 31.3. The zero-order valence-corrected chi connectivity index (χ0v) is 9.77. The molecule has 1 aromatic heterocycles. The molecule has 2 fully saturated rings. The summed E-state index contributed by atoms with van der Waals surface area (Å²) in [5, 5.41) is 16.2. The van der Waals surface area contributed by atoms with Crippen LogP contribution in [0.4, 0.5) is 8.78 Å². The van der Waals surface area contributed by atoms with Gasteiger partial charge >= 0.3 is 0 Å². The van der Waals surface area contributed by atoms with E-state index >= 15 is 0 Å². The largest absolute Gasteiger partial charge is 0.392 e. The molecule has 0 bridgehead atoms. The van der Waals surface area contributed by atoms with Crippen LogP contribution in [0.5, 0.6) is 0 Å². The highest BCUT2D eigenvalue weighted by molar-refractivity contribution is 5.04. The van der Waals surface area contributed by atoms with E-state index < -0.39 is 12.0 Å². The Hall–Kier alpha value is -1.08. The first-order chi connectivity index (χ1) is 8.53. The molecule has 5 nitrogen and oxygen atoms in total. The number of nitrogens with one attached hydrogen (secondary N) is 1. The number of hydrogen-bond donors (Lipinski definition) is 2. The third-order valence-corrected chi connectivity index (χ3v) is 3.63. The number of β-amino-alcohol motifs (C(OH)–C–C–N with tert-alkyl or cyclic N) is 1. The first kappa shape index (κ1) is 12.0. The highest BCUT2D eigenvalue weighted by Crippen LogP contribution is 2.43. The Bertz CT molecular complexity index is 438. The van der Waals surface area contributed by atoms with E-state index in [0.717, 1.165) is 0 Å². The molecule has 1 saturated heterocycles. The molecule has 18 heavy (non-hydrogen) atoms. The number of aliphatic hydroxyl groups excluding tert-OH is 1. The summed E-state index contributed by atoms with van der Waals surface area (Å²) in [7, 11) is 0. The van der Waals surface area contributed by atoms with Crippen LogP contribution in [0.1, 0.15) is 49.4 Å². The zero-order chi connectivity index (χ0) is 12.8. The molecular formula is C11H15F2N3O2. The predicted octanol–water partition coefficient (Wildman–Crippen LogP) is 1.37. The van der Waals surface area contributed by atoms with Crippen LogP contribution in [-0.2, 0) is 0 Å². The molecule has 1 unspecified atom stereocenters. The van der Waals surface area contributed by atoms with Crippen molar-refractivity contribution in [2.24, 2.45) is 0 Å². The molecule has 0 aromatic carbocycles. The Kier molecular flexibility index (Phi) is 2.82. The lowest BCUT2D eigenvalue weighted by Gasteiger charge is -2.06. The summed E-state index contributed by atoms with van der Waals surface area (Å²) in [5.74, 6) is -2.17. The van der Waals surface area contributed by atoms with Crippen molar-refractivity contribution in [1.82, 2.24) is 15.5 Å². The molecule has 1 aliphatic carbocycles. The molecule has 0 spiro atoms. The smallest absolute Gasteiger partial charge is 0.248 e. The van der Waals surface area contributed by atoms with E-state index in [9.17, 15) is 13.9 Å². The minimum atomic E-state index is -2.60. The van der Waals surface area contributed by atoms with Gasteiger partial charge < -0.3 is 14.9 Å². The van der Waals surface area contributed by atoms with Gasteiger partial charge in [-0.2, -0.15) is 4.98 Å². The Balaban J connectivity index is 1.70. The second-order valence-corrected chi connectivity index (χ2v) is 5.14. The van der Waals surface area contributed by atoms with Crippen molar-refractivity contribution in [2.45, 2.75) is 49.7 Å². The van der Waals surface area contributed by atoms with Gasteiger partial charge in [-0.3, -0.25) is 0 Å². The Labute approximate surface area is 103 Å². The zero-order valence-electron chi connectivity index (χ0n) is 9.77. The summed E-state index contributed by atoms with van der Waals surface area (Å²) in [6.45, 7) is 0.490. The summed E-state index contributed by atoms with van der Waals surface area (Å²) in [6.07, 6.45) is 0.185. The van der Waals surface area contributed by atoms with Crippen molar-refractivity contribution in [3.05, 3.63) is 11.7 Å². The average molecular weight is 259 g/mol. The molecule has 1 saturated carbocycles. The maximum Gasteiger partial charge on any atom is 0.248 e. The fourth-order valence-corrected chi connectivity index (χ4v) is 2.63. The number of nitrogens with zero attached hydrogens (tertiary/aromatic N) is 2. The number of aliphatic hydroxyl groups is 1. The van der Waals surface area contributed by atoms with Crippen LogP contribution in [0.25, 0.3) is 0 Å². The molecule has 100 valence electrons. The van der Waals surface area contributed by atoms with Crippen LogP contribution in [0.3, 0.4) is 0 Å². The fourth-order valence-electron chi connectivity index (χ4n) is 2.63. The molecule has 3 rings (SSSR count). The maximum atomic E-state index is 13.1. The van der Waals surface area contributed by atoms with Crippen molar-refractivity contribution in [3.8, 4) is 0 Å². The minimum Gasteiger partial charge on any atom is -0.392 e. The van der Waals surface area contributed by atoms with Gasteiger partial charge in [0.1, 0.15) is 0 Å². The molecule has 2 aliphatic rings. The van der Waals surface area contributed by atoms with Gasteiger partial charge in [0, 0.05) is 25.3 Å². The van der Waals surface area contributed by atoms with Gasteiger partial charge in [-0.1, -0.05) is 5.16 Å². The molecule has 7 heteroatoms. The number of halogens is 2. The van der Waals surface area contributed by atoms with Gasteiger partial charge in [-0.15, -0.1) is 0 Å². The van der Waals surface area contributed by atoms with Gasteiger partial charge in [-0.25, -0.2) is 8.78 Å². The number of rotatable bonds is 2. The van der Waals surface area contributed by atoms with E-state index in [1.54, 1.807) is 0 Å². The molecule has 2 N–H and O–H groups in total. The SMILES string of the molecule is O[C@H]1CN[C@H](c2nc(C3CCC(F)(F)C3)no2)C1. The van der Waals surface area contributed by atoms with Gasteiger partial charge in [0.25, 0.3) is 0 Å². The number of hydrogen-bond acceptors (Lipinski definition) is 5. The van der Waals surface area contributed by atoms with E-state index in [-0.39, 0.29) is 24.8 Å². The van der Waals surface area contributed by atoms with Crippen molar-refractivity contribution in [3.63, 3.8) is 0 Å². The van der Waals surface area contributed by atoms with Crippen LogP contribution < -0.4 is 5.32 Å². The van der Waals surface area contributed by atoms with E-state index in [1.807, 2.05) is 0 Å². The molecule has 1 aliphatic heterocycles. The second-order valence-electron chi connectivity index (χ2n) is 5.14. The minimum absolute atomic E-state index is 0.109. The lowest BCUT2D eigenvalue weighted by atomic mass is 10.1. The van der Waals surface area contributed by atoms with Gasteiger partial charge in [-0.05, 0) is 12.8 Å². The predicted molar refractivity (Wildman–Crippen MR) is 57.2 cm³/mol. The summed E-state index contributed by atoms with van der Waals surface area (Å²) in [5.41, 5.74) is 0. The molecule has 2 heterocycles. The van der Waals surface area contributed by atoms with Crippen LogP contribution >= 0.6 is 0 Å². The molecule has 0 amide bonds. The molecular weight excluding hydrogens is 244 g/mol. The topological polar surface area (TPSA) is 71.2 Å². The van der Waals surface area contributed by atoms with E-state index in [0.29, 0.717) is 31.1 Å². The summed E-state index contributed by atoms with van der Waals surface area (Å²) in [6, 6.07) is -0.164. The Morgan fingerprint density at radius 2 is 2.28 bits per heavy atom. The Morgan fingerprint density at radius 3 is 2.89 bits per heavy atom. The van der Waals surface area contributed by atoms with E-state index in [1.165, 1.54) is 0 Å². The third-order valence-electron chi connectivity index (χ3n) is 3.63. The first-order valence-corrected chi connectivity index (χ1v) is 6.16. The van der Waals surface area contributed by atoms with Crippen LogP contribution in [-0.4, -0.2) is 33.8 Å². The number of alkyl halides is 2. The van der Waals surface area contributed by atoms with Crippen molar-refractivity contribution in [1.29, 1.82) is 0 Å². The Morgan fingerprint density at radius 1 is 1.44 bits per heavy atom. The quantitative estimate of drug-likeness (QED) is 0.839. The van der Waals surface area contributed by atoms with Gasteiger partial charge in [0.05, 0.1) is 12.1 Å². The van der Waals surface area contributed by atoms with Crippen LogP contribution in [0, 0.1) is 0 Å². The molecule has 3 atom stereocenters. The van der Waals surface area contributed by atoms with E-state index in [2.05, 4.69) is 15.5 Å². The lowest BCUT2D eigenvalue weighted by molar-refractivity contribution is 0.00749. The highest BCUT2D eigenvalue weighted by atomic mass is 19.3. The van der Waals surface area contributed by atoms with Crippen molar-refractivity contribution >= 4 is 0 Å². The third kappa shape index (κ3) is 2.24. The average Bonchev–Trinajstić information content (AvgIpc) is 2.96.